The summed E-state index contributed by atoms with van der Waals surface area (Å²) in [7, 11) is 0. The predicted molar refractivity (Wildman–Crippen MR) is 133 cm³/mol. The molecule has 2 fully saturated rings. The molecule has 2 N–H and O–H groups in total. The van der Waals surface area contributed by atoms with Crippen molar-refractivity contribution in [2.45, 2.75) is 90.2 Å². The summed E-state index contributed by atoms with van der Waals surface area (Å²) in [5.74, 6) is 0.881. The van der Waals surface area contributed by atoms with Gasteiger partial charge in [-0.3, -0.25) is 4.99 Å². The SMILES string of the molecule is CCNC(=NCCCCOC1CCCCCC1)NC1CCN(C(=O)OCC)CC1.I. The van der Waals surface area contributed by atoms with E-state index in [1.54, 1.807) is 4.90 Å². The molecule has 2 aliphatic rings. The Kier molecular flexibility index (Phi) is 15.3. The van der Waals surface area contributed by atoms with E-state index >= 15 is 0 Å². The number of hydrogen-bond donors (Lipinski definition) is 2. The second-order valence-electron chi connectivity index (χ2n) is 8.06. The number of unbranched alkanes of at least 4 members (excludes halogenated alkanes) is 1. The topological polar surface area (TPSA) is 75.2 Å². The first-order chi connectivity index (χ1) is 14.2. The van der Waals surface area contributed by atoms with Crippen molar-refractivity contribution in [3.63, 3.8) is 0 Å². The molecule has 8 heteroatoms. The number of likely N-dealkylation sites (tertiary alicyclic amines) is 1. The Bertz CT molecular complexity index is 477. The molecule has 176 valence electrons. The van der Waals surface area contributed by atoms with Gasteiger partial charge in [-0.1, -0.05) is 25.7 Å². The number of ether oxygens (including phenoxy) is 2. The zero-order valence-electron chi connectivity index (χ0n) is 19.0. The van der Waals surface area contributed by atoms with Crippen LogP contribution in [0.4, 0.5) is 4.79 Å². The molecule has 0 aromatic carbocycles. The molecule has 2 rings (SSSR count). The lowest BCUT2D eigenvalue weighted by molar-refractivity contribution is 0.0412. The number of halogens is 1. The highest BCUT2D eigenvalue weighted by Gasteiger charge is 2.24. The lowest BCUT2D eigenvalue weighted by Gasteiger charge is -2.32. The van der Waals surface area contributed by atoms with Crippen molar-refractivity contribution in [2.75, 3.05) is 39.4 Å². The van der Waals surface area contributed by atoms with Crippen molar-refractivity contribution in [3.8, 4) is 0 Å². The van der Waals surface area contributed by atoms with E-state index in [-0.39, 0.29) is 30.1 Å². The zero-order chi connectivity index (χ0) is 20.7. The number of carbonyl (C=O) groups is 1. The summed E-state index contributed by atoms with van der Waals surface area (Å²) in [6, 6.07) is 0.344. The fraction of sp³-hybridized carbons (Fsp3) is 0.909. The molecule has 1 saturated heterocycles. The van der Waals surface area contributed by atoms with Crippen LogP contribution in [-0.4, -0.2) is 68.5 Å². The van der Waals surface area contributed by atoms with Crippen molar-refractivity contribution >= 4 is 36.0 Å². The normalized spacial score (nSPS) is 19.0. The third-order valence-corrected chi connectivity index (χ3v) is 5.68. The summed E-state index contributed by atoms with van der Waals surface area (Å²) >= 11 is 0. The molecular weight excluding hydrogens is 495 g/mol. The van der Waals surface area contributed by atoms with Gasteiger partial charge in [-0.05, 0) is 52.4 Å². The number of aliphatic imine (C=N–C) groups is 1. The van der Waals surface area contributed by atoms with Gasteiger partial charge in [0, 0.05) is 38.8 Å². The van der Waals surface area contributed by atoms with Crippen molar-refractivity contribution in [3.05, 3.63) is 0 Å². The van der Waals surface area contributed by atoms with Crippen LogP contribution in [0.3, 0.4) is 0 Å². The summed E-state index contributed by atoms with van der Waals surface area (Å²) in [6.45, 7) is 8.33. The molecule has 0 bridgehead atoms. The maximum Gasteiger partial charge on any atom is 0.409 e. The summed E-state index contributed by atoms with van der Waals surface area (Å²) in [5, 5.41) is 6.86. The first-order valence-electron chi connectivity index (χ1n) is 11.8. The Morgan fingerprint density at radius 2 is 1.73 bits per heavy atom. The maximum atomic E-state index is 11.8. The van der Waals surface area contributed by atoms with Crippen LogP contribution in [0.2, 0.25) is 0 Å². The van der Waals surface area contributed by atoms with E-state index in [1.807, 2.05) is 6.92 Å². The lowest BCUT2D eigenvalue weighted by Crippen LogP contribution is -2.49. The van der Waals surface area contributed by atoms with Gasteiger partial charge in [0.15, 0.2) is 5.96 Å². The molecule has 1 amide bonds. The van der Waals surface area contributed by atoms with Gasteiger partial charge in [-0.15, -0.1) is 24.0 Å². The molecule has 0 atom stereocenters. The van der Waals surface area contributed by atoms with E-state index in [9.17, 15) is 4.79 Å². The Morgan fingerprint density at radius 3 is 2.37 bits per heavy atom. The number of amides is 1. The summed E-state index contributed by atoms with van der Waals surface area (Å²) in [5.41, 5.74) is 0. The molecule has 1 heterocycles. The van der Waals surface area contributed by atoms with Gasteiger partial charge in [-0.25, -0.2) is 4.79 Å². The van der Waals surface area contributed by atoms with Crippen LogP contribution in [0.5, 0.6) is 0 Å². The second-order valence-corrected chi connectivity index (χ2v) is 8.06. The van der Waals surface area contributed by atoms with E-state index in [4.69, 9.17) is 14.5 Å². The average Bonchev–Trinajstić information content (AvgIpc) is 3.00. The molecule has 0 unspecified atom stereocenters. The van der Waals surface area contributed by atoms with Crippen LogP contribution < -0.4 is 10.6 Å². The number of nitrogens with one attached hydrogen (secondary N) is 2. The van der Waals surface area contributed by atoms with Crippen LogP contribution in [0.1, 0.15) is 78.1 Å². The summed E-state index contributed by atoms with van der Waals surface area (Å²) in [4.78, 5) is 18.3. The van der Waals surface area contributed by atoms with Crippen molar-refractivity contribution < 1.29 is 14.3 Å². The highest BCUT2D eigenvalue weighted by molar-refractivity contribution is 14.0. The van der Waals surface area contributed by atoms with Gasteiger partial charge in [0.1, 0.15) is 0 Å². The number of nitrogens with zero attached hydrogens (tertiary/aromatic N) is 2. The highest BCUT2D eigenvalue weighted by atomic mass is 127. The standard InChI is InChI=1S/C22H42N4O3.HI/c1-3-23-21(25-19-13-16-26(17-14-19)22(27)28-4-2)24-15-9-10-18-29-20-11-7-5-6-8-12-20;/h19-20H,3-18H2,1-2H3,(H2,23,24,25);1H. The van der Waals surface area contributed by atoms with Gasteiger partial charge in [0.2, 0.25) is 0 Å². The largest absolute Gasteiger partial charge is 0.450 e. The van der Waals surface area contributed by atoms with E-state index in [0.717, 1.165) is 64.4 Å². The fourth-order valence-electron chi connectivity index (χ4n) is 4.00. The Balaban J connectivity index is 0.00000450. The van der Waals surface area contributed by atoms with Gasteiger partial charge in [0.25, 0.3) is 0 Å². The monoisotopic (exact) mass is 538 g/mol. The third kappa shape index (κ3) is 11.0. The first kappa shape index (κ1) is 27.3. The number of carbonyl (C=O) groups excluding carboxylic acids is 1. The molecule has 1 aliphatic carbocycles. The predicted octanol–water partition coefficient (Wildman–Crippen LogP) is 4.30. The molecule has 1 saturated carbocycles. The zero-order valence-corrected chi connectivity index (χ0v) is 21.3. The van der Waals surface area contributed by atoms with E-state index in [0.29, 0.717) is 18.8 Å². The Labute approximate surface area is 200 Å². The molecule has 1 aliphatic heterocycles. The number of piperidine rings is 1. The van der Waals surface area contributed by atoms with Crippen LogP contribution >= 0.6 is 24.0 Å². The number of rotatable bonds is 9. The number of hydrogen-bond acceptors (Lipinski definition) is 4. The Morgan fingerprint density at radius 1 is 1.03 bits per heavy atom. The molecule has 7 nitrogen and oxygen atoms in total. The lowest BCUT2D eigenvalue weighted by atomic mass is 10.1. The van der Waals surface area contributed by atoms with Crippen molar-refractivity contribution in [2.24, 2.45) is 4.99 Å². The first-order valence-corrected chi connectivity index (χ1v) is 11.8. The molecule has 30 heavy (non-hydrogen) atoms. The summed E-state index contributed by atoms with van der Waals surface area (Å²) in [6.07, 6.45) is 12.1. The average molecular weight is 539 g/mol. The van der Waals surface area contributed by atoms with Gasteiger partial charge >= 0.3 is 6.09 Å². The van der Waals surface area contributed by atoms with E-state index < -0.39 is 0 Å². The molecular formula is C22H43IN4O3. The van der Waals surface area contributed by atoms with Crippen molar-refractivity contribution in [1.29, 1.82) is 0 Å². The molecule has 0 aromatic heterocycles. The number of guanidine groups is 1. The van der Waals surface area contributed by atoms with Crippen LogP contribution in [0.15, 0.2) is 4.99 Å². The Hall–Kier alpha value is -0.770. The second kappa shape index (κ2) is 16.9. The fourth-order valence-corrected chi connectivity index (χ4v) is 4.00. The van der Waals surface area contributed by atoms with E-state index in [1.165, 1.54) is 38.5 Å². The van der Waals surface area contributed by atoms with Crippen LogP contribution in [0, 0.1) is 0 Å². The van der Waals surface area contributed by atoms with Gasteiger partial charge in [0.05, 0.1) is 12.7 Å². The van der Waals surface area contributed by atoms with Gasteiger partial charge in [-0.2, -0.15) is 0 Å². The molecule has 0 aromatic rings. The maximum absolute atomic E-state index is 11.8. The summed E-state index contributed by atoms with van der Waals surface area (Å²) < 4.78 is 11.2. The van der Waals surface area contributed by atoms with Gasteiger partial charge < -0.3 is 25.0 Å². The van der Waals surface area contributed by atoms with Crippen molar-refractivity contribution in [1.82, 2.24) is 15.5 Å². The molecule has 0 radical (unpaired) electrons. The van der Waals surface area contributed by atoms with E-state index in [2.05, 4.69) is 17.6 Å². The van der Waals surface area contributed by atoms with Crippen LogP contribution in [-0.2, 0) is 9.47 Å². The van der Waals surface area contributed by atoms with Crippen LogP contribution in [0.25, 0.3) is 0 Å². The quantitative estimate of drug-likeness (QED) is 0.151. The smallest absolute Gasteiger partial charge is 0.409 e. The highest BCUT2D eigenvalue weighted by Crippen LogP contribution is 2.20. The molecule has 0 spiro atoms. The minimum atomic E-state index is -0.197. The minimum absolute atomic E-state index is 0. The minimum Gasteiger partial charge on any atom is -0.450 e. The third-order valence-electron chi connectivity index (χ3n) is 5.68.